The van der Waals surface area contributed by atoms with E-state index in [4.69, 9.17) is 31.8 Å². The number of carbonyl (C=O) groups is 1. The molecule has 1 aromatic heterocycles. The highest BCUT2D eigenvalue weighted by molar-refractivity contribution is 6.34. The van der Waals surface area contributed by atoms with Gasteiger partial charge in [-0.1, -0.05) is 23.7 Å². The maximum Gasteiger partial charge on any atom is 0.232 e. The van der Waals surface area contributed by atoms with Gasteiger partial charge in [-0.05, 0) is 31.9 Å². The molecular formula is C22H26ClN5O3. The van der Waals surface area contributed by atoms with Gasteiger partial charge in [0.2, 0.25) is 11.8 Å². The number of amides is 1. The van der Waals surface area contributed by atoms with Crippen LogP contribution in [-0.2, 0) is 15.1 Å². The molecule has 0 spiro atoms. The zero-order chi connectivity index (χ0) is 22.0. The zero-order valence-electron chi connectivity index (χ0n) is 17.6. The molecule has 1 aromatic carbocycles. The second-order valence-electron chi connectivity index (χ2n) is 7.91. The van der Waals surface area contributed by atoms with Crippen LogP contribution in [0.25, 0.3) is 0 Å². The minimum Gasteiger partial charge on any atom is -0.481 e. The Balaban J connectivity index is 1.63. The summed E-state index contributed by atoms with van der Waals surface area (Å²) in [6, 6.07) is 9.26. The number of benzene rings is 1. The van der Waals surface area contributed by atoms with Gasteiger partial charge in [-0.2, -0.15) is 0 Å². The topological polar surface area (TPSA) is 102 Å². The molecule has 8 nitrogen and oxygen atoms in total. The number of nitrogens with one attached hydrogen (secondary N) is 1. The average Bonchev–Trinajstić information content (AvgIpc) is 2.75. The van der Waals surface area contributed by atoms with Crippen molar-refractivity contribution in [2.24, 2.45) is 10.7 Å². The van der Waals surface area contributed by atoms with E-state index >= 15 is 0 Å². The van der Waals surface area contributed by atoms with Crippen molar-refractivity contribution in [3.8, 4) is 5.88 Å². The smallest absolute Gasteiger partial charge is 0.232 e. The molecule has 3 heterocycles. The first-order chi connectivity index (χ1) is 14.9. The first-order valence-electron chi connectivity index (χ1n) is 10.2. The molecule has 2 aromatic rings. The molecule has 0 bridgehead atoms. The molecule has 0 radical (unpaired) electrons. The molecule has 1 atom stereocenters. The van der Waals surface area contributed by atoms with Crippen molar-refractivity contribution < 1.29 is 14.3 Å². The van der Waals surface area contributed by atoms with Crippen molar-refractivity contribution in [2.45, 2.75) is 37.8 Å². The third kappa shape index (κ3) is 4.31. The predicted molar refractivity (Wildman–Crippen MR) is 120 cm³/mol. The molecule has 4 rings (SSSR count). The van der Waals surface area contributed by atoms with Crippen LogP contribution in [0.5, 0.6) is 5.88 Å². The Hall–Kier alpha value is -2.84. The summed E-state index contributed by atoms with van der Waals surface area (Å²) in [5.41, 5.74) is 7.65. The summed E-state index contributed by atoms with van der Waals surface area (Å²) in [4.78, 5) is 23.6. The molecule has 1 amide bonds. The van der Waals surface area contributed by atoms with E-state index in [0.29, 0.717) is 29.8 Å². The number of aromatic nitrogens is 1. The number of hydrogen-bond acceptors (Lipinski definition) is 7. The molecule has 1 fully saturated rings. The molecule has 31 heavy (non-hydrogen) atoms. The minimum atomic E-state index is -0.854. The lowest BCUT2D eigenvalue weighted by Crippen LogP contribution is -2.55. The van der Waals surface area contributed by atoms with Gasteiger partial charge < -0.3 is 20.5 Å². The van der Waals surface area contributed by atoms with Crippen LogP contribution < -0.4 is 15.8 Å². The lowest BCUT2D eigenvalue weighted by molar-refractivity contribution is -0.132. The van der Waals surface area contributed by atoms with Crippen LogP contribution in [-0.4, -0.2) is 48.1 Å². The van der Waals surface area contributed by atoms with Crippen molar-refractivity contribution in [1.82, 2.24) is 9.88 Å². The monoisotopic (exact) mass is 443 g/mol. The van der Waals surface area contributed by atoms with E-state index < -0.39 is 5.54 Å². The number of ether oxygens (including phenoxy) is 2. The van der Waals surface area contributed by atoms with Crippen molar-refractivity contribution in [3.63, 3.8) is 0 Å². The SMILES string of the molecule is COc1cc(Nc2cccc([C@]3(C)CC(=O)N(C4CCOCC4)C(N)=N3)c2Cl)ccn1. The zero-order valence-corrected chi connectivity index (χ0v) is 18.4. The van der Waals surface area contributed by atoms with E-state index in [1.54, 1.807) is 24.3 Å². The van der Waals surface area contributed by atoms with Crippen LogP contribution in [0.4, 0.5) is 11.4 Å². The highest BCUT2D eigenvalue weighted by atomic mass is 35.5. The number of carbonyl (C=O) groups excluding carboxylic acids is 1. The third-order valence-electron chi connectivity index (χ3n) is 5.73. The number of anilines is 2. The molecular weight excluding hydrogens is 418 g/mol. The summed E-state index contributed by atoms with van der Waals surface area (Å²) < 4.78 is 10.6. The van der Waals surface area contributed by atoms with Gasteiger partial charge in [0.1, 0.15) is 0 Å². The Morgan fingerprint density at radius 2 is 2.10 bits per heavy atom. The summed E-state index contributed by atoms with van der Waals surface area (Å²) in [6.07, 6.45) is 3.36. The van der Waals surface area contributed by atoms with E-state index in [1.807, 2.05) is 31.2 Å². The fourth-order valence-electron chi connectivity index (χ4n) is 4.14. The number of rotatable bonds is 5. The number of nitrogens with two attached hydrogens (primary N) is 1. The molecule has 0 aliphatic carbocycles. The summed E-state index contributed by atoms with van der Waals surface area (Å²) in [5.74, 6) is 0.682. The minimum absolute atomic E-state index is 0.0275. The van der Waals surface area contributed by atoms with Gasteiger partial charge in [-0.25, -0.2) is 9.98 Å². The molecule has 3 N–H and O–H groups in total. The number of aliphatic imine (C=N–C) groups is 1. The largest absolute Gasteiger partial charge is 0.481 e. The lowest BCUT2D eigenvalue weighted by Gasteiger charge is -2.40. The molecule has 1 saturated heterocycles. The fourth-order valence-corrected chi connectivity index (χ4v) is 4.52. The van der Waals surface area contributed by atoms with Crippen molar-refractivity contribution >= 4 is 34.8 Å². The van der Waals surface area contributed by atoms with Crippen LogP contribution in [0.15, 0.2) is 41.5 Å². The Morgan fingerprint density at radius 1 is 1.32 bits per heavy atom. The van der Waals surface area contributed by atoms with Crippen LogP contribution in [0.2, 0.25) is 5.02 Å². The fraction of sp³-hybridized carbons (Fsp3) is 0.409. The third-order valence-corrected chi connectivity index (χ3v) is 6.14. The maximum atomic E-state index is 13.1. The van der Waals surface area contributed by atoms with Crippen molar-refractivity contribution in [1.29, 1.82) is 0 Å². The Morgan fingerprint density at radius 3 is 2.81 bits per heavy atom. The summed E-state index contributed by atoms with van der Waals surface area (Å²) in [5, 5.41) is 3.78. The van der Waals surface area contributed by atoms with E-state index in [-0.39, 0.29) is 24.3 Å². The lowest BCUT2D eigenvalue weighted by atomic mass is 9.86. The van der Waals surface area contributed by atoms with Crippen molar-refractivity contribution in [2.75, 3.05) is 25.6 Å². The van der Waals surface area contributed by atoms with Gasteiger partial charge in [0.15, 0.2) is 5.96 Å². The predicted octanol–water partition coefficient (Wildman–Crippen LogP) is 3.43. The maximum absolute atomic E-state index is 13.1. The number of hydrogen-bond donors (Lipinski definition) is 2. The number of methoxy groups -OCH3 is 1. The van der Waals surface area contributed by atoms with Crippen LogP contribution in [0.1, 0.15) is 31.7 Å². The standard InChI is InChI=1S/C22H26ClN5O3/c1-22(13-19(29)28(21(24)27-22)15-7-10-31-11-8-15)16-4-3-5-17(20(16)23)26-14-6-9-25-18(12-14)30-2/h3-6,9,12,15H,7-8,10-11,13H2,1-2H3,(H2,24,27)(H,25,26)/t22-/m0/s1. The number of guanidine groups is 1. The Labute approximate surface area is 186 Å². The normalized spacial score (nSPS) is 22.2. The number of pyridine rings is 1. The summed E-state index contributed by atoms with van der Waals surface area (Å²) in [6.45, 7) is 3.14. The van der Waals surface area contributed by atoms with Gasteiger partial charge in [0.25, 0.3) is 0 Å². The molecule has 2 aliphatic heterocycles. The highest BCUT2D eigenvalue weighted by Crippen LogP contribution is 2.41. The van der Waals surface area contributed by atoms with Gasteiger partial charge in [-0.3, -0.25) is 9.69 Å². The number of nitrogens with zero attached hydrogens (tertiary/aromatic N) is 3. The molecule has 0 saturated carbocycles. The molecule has 0 unspecified atom stereocenters. The molecule has 9 heteroatoms. The van der Waals surface area contributed by atoms with Crippen LogP contribution in [0, 0.1) is 0 Å². The first kappa shape index (κ1) is 21.4. The second kappa shape index (κ2) is 8.72. The van der Waals surface area contributed by atoms with E-state index in [0.717, 1.165) is 24.1 Å². The van der Waals surface area contributed by atoms with Crippen LogP contribution in [0.3, 0.4) is 0 Å². The first-order valence-corrected chi connectivity index (χ1v) is 10.6. The summed E-state index contributed by atoms with van der Waals surface area (Å²) in [7, 11) is 1.56. The average molecular weight is 444 g/mol. The van der Waals surface area contributed by atoms with Gasteiger partial charge >= 0.3 is 0 Å². The van der Waals surface area contributed by atoms with Gasteiger partial charge in [-0.15, -0.1) is 0 Å². The quantitative estimate of drug-likeness (QED) is 0.734. The van der Waals surface area contributed by atoms with Crippen molar-refractivity contribution in [3.05, 3.63) is 47.1 Å². The second-order valence-corrected chi connectivity index (χ2v) is 8.28. The number of halogens is 1. The highest BCUT2D eigenvalue weighted by Gasteiger charge is 2.41. The van der Waals surface area contributed by atoms with Gasteiger partial charge in [0.05, 0.1) is 29.8 Å². The van der Waals surface area contributed by atoms with E-state index in [1.165, 1.54) is 0 Å². The van der Waals surface area contributed by atoms with E-state index in [9.17, 15) is 4.79 Å². The summed E-state index contributed by atoms with van der Waals surface area (Å²) >= 11 is 6.77. The molecule has 2 aliphatic rings. The Kier molecular flexibility index (Phi) is 6.02. The Bertz CT molecular complexity index is 1010. The van der Waals surface area contributed by atoms with E-state index in [2.05, 4.69) is 10.3 Å². The van der Waals surface area contributed by atoms with Gasteiger partial charge in [0, 0.05) is 42.8 Å². The van der Waals surface area contributed by atoms with Crippen LogP contribution >= 0.6 is 11.6 Å². The molecule has 164 valence electrons.